The normalized spacial score (nSPS) is 13.7. The first-order valence-corrected chi connectivity index (χ1v) is 5.04. The summed E-state index contributed by atoms with van der Waals surface area (Å²) in [5.74, 6) is -16.2. The summed E-state index contributed by atoms with van der Waals surface area (Å²) in [6, 6.07) is 0. The average molecular weight is 290 g/mol. The summed E-state index contributed by atoms with van der Waals surface area (Å²) in [4.78, 5) is 22.9. The van der Waals surface area contributed by atoms with Crippen molar-refractivity contribution in [2.45, 2.75) is 0 Å². The van der Waals surface area contributed by atoms with Gasteiger partial charge in [-0.05, 0) is 0 Å². The predicted molar refractivity (Wildman–Crippen MR) is 52.4 cm³/mol. The van der Waals surface area contributed by atoms with Crippen molar-refractivity contribution in [2.75, 3.05) is 0 Å². The van der Waals surface area contributed by atoms with Gasteiger partial charge in [-0.1, -0.05) is 0 Å². The third-order valence-corrected chi connectivity index (χ3v) is 3.06. The van der Waals surface area contributed by atoms with E-state index in [9.17, 15) is 35.9 Å². The van der Waals surface area contributed by atoms with Crippen LogP contribution in [0.5, 0.6) is 0 Å². The van der Waals surface area contributed by atoms with E-state index in [0.29, 0.717) is 0 Å². The van der Waals surface area contributed by atoms with E-state index >= 15 is 0 Å². The van der Waals surface area contributed by atoms with Gasteiger partial charge in [0, 0.05) is 5.39 Å². The molecule has 8 heteroatoms. The van der Waals surface area contributed by atoms with Crippen molar-refractivity contribution in [3.63, 3.8) is 0 Å². The summed E-state index contributed by atoms with van der Waals surface area (Å²) in [6.45, 7) is 0. The highest BCUT2D eigenvalue weighted by molar-refractivity contribution is 6.57. The van der Waals surface area contributed by atoms with Crippen LogP contribution < -0.4 is 0 Å². The van der Waals surface area contributed by atoms with Crippen LogP contribution in [0.4, 0.5) is 26.3 Å². The minimum absolute atomic E-state index is 1.09. The first-order valence-electron chi connectivity index (χ1n) is 5.04. The van der Waals surface area contributed by atoms with Gasteiger partial charge >= 0.3 is 0 Å². The molecular formula is C12F6O2. The van der Waals surface area contributed by atoms with Gasteiger partial charge in [-0.15, -0.1) is 0 Å². The van der Waals surface area contributed by atoms with Crippen LogP contribution in [-0.2, 0) is 0 Å². The van der Waals surface area contributed by atoms with E-state index in [4.69, 9.17) is 0 Å². The lowest BCUT2D eigenvalue weighted by Crippen LogP contribution is -2.10. The molecule has 0 bridgehead atoms. The Kier molecular flexibility index (Phi) is 2.27. The Hall–Kier alpha value is -2.38. The maximum atomic E-state index is 13.5. The fourth-order valence-electron chi connectivity index (χ4n) is 2.20. The van der Waals surface area contributed by atoms with Crippen molar-refractivity contribution in [3.05, 3.63) is 46.0 Å². The predicted octanol–water partition coefficient (Wildman–Crippen LogP) is 3.05. The highest BCUT2D eigenvalue weighted by atomic mass is 19.2. The lowest BCUT2D eigenvalue weighted by Gasteiger charge is -2.07. The van der Waals surface area contributed by atoms with Crippen molar-refractivity contribution in [1.82, 2.24) is 0 Å². The molecule has 0 spiro atoms. The molecule has 0 heterocycles. The summed E-state index contributed by atoms with van der Waals surface area (Å²) in [7, 11) is 0. The van der Waals surface area contributed by atoms with Crippen molar-refractivity contribution in [2.24, 2.45) is 0 Å². The molecule has 2 aromatic carbocycles. The Morgan fingerprint density at radius 1 is 0.450 bits per heavy atom. The molecule has 0 saturated heterocycles. The number of Topliss-reactive ketones (excluding diaryl/α,β-unsaturated/α-hetero) is 2. The van der Waals surface area contributed by atoms with E-state index in [-0.39, 0.29) is 0 Å². The SMILES string of the molecule is O=C1C(=O)c2c(F)c(F)c(F)c3c(F)c(F)c(F)c1c23. The number of hydrogen-bond acceptors (Lipinski definition) is 2. The van der Waals surface area contributed by atoms with Gasteiger partial charge < -0.3 is 0 Å². The smallest absolute Gasteiger partial charge is 0.237 e. The Bertz CT molecular complexity index is 789. The second kappa shape index (κ2) is 3.59. The molecule has 0 unspecified atom stereocenters. The molecule has 0 amide bonds. The molecule has 1 aliphatic rings. The lowest BCUT2D eigenvalue weighted by molar-refractivity contribution is 0.0820. The van der Waals surface area contributed by atoms with Gasteiger partial charge in [0.05, 0.1) is 16.5 Å². The van der Waals surface area contributed by atoms with Gasteiger partial charge in [0.25, 0.3) is 0 Å². The molecule has 2 aromatic rings. The Labute approximate surface area is 105 Å². The molecular weight excluding hydrogens is 290 g/mol. The van der Waals surface area contributed by atoms with Crippen LogP contribution in [-0.4, -0.2) is 11.6 Å². The summed E-state index contributed by atoms with van der Waals surface area (Å²) in [6.07, 6.45) is 0. The largest absolute Gasteiger partial charge is 0.285 e. The maximum Gasteiger partial charge on any atom is 0.237 e. The second-order valence-electron chi connectivity index (χ2n) is 4.04. The number of ketones is 2. The van der Waals surface area contributed by atoms with Crippen molar-refractivity contribution in [3.8, 4) is 0 Å². The van der Waals surface area contributed by atoms with E-state index in [2.05, 4.69) is 0 Å². The average Bonchev–Trinajstić information content (AvgIpc) is 2.66. The van der Waals surface area contributed by atoms with Crippen LogP contribution in [0.15, 0.2) is 0 Å². The van der Waals surface area contributed by atoms with Crippen LogP contribution in [0.1, 0.15) is 20.7 Å². The Morgan fingerprint density at radius 3 is 1.15 bits per heavy atom. The zero-order valence-corrected chi connectivity index (χ0v) is 9.08. The van der Waals surface area contributed by atoms with Crippen LogP contribution in [0.3, 0.4) is 0 Å². The van der Waals surface area contributed by atoms with E-state index in [1.54, 1.807) is 0 Å². The number of halogens is 6. The molecule has 0 fully saturated rings. The van der Waals surface area contributed by atoms with Crippen molar-refractivity contribution in [1.29, 1.82) is 0 Å². The van der Waals surface area contributed by atoms with Gasteiger partial charge in [0.15, 0.2) is 34.9 Å². The fourth-order valence-corrected chi connectivity index (χ4v) is 2.20. The number of carbonyl (C=O) groups is 2. The third kappa shape index (κ3) is 1.16. The van der Waals surface area contributed by atoms with Gasteiger partial charge in [-0.3, -0.25) is 9.59 Å². The fraction of sp³-hybridized carbons (Fsp3) is 0. The number of hydrogen-bond donors (Lipinski definition) is 0. The molecule has 0 saturated carbocycles. The number of rotatable bonds is 0. The molecule has 1 aliphatic carbocycles. The first kappa shape index (κ1) is 12.6. The topological polar surface area (TPSA) is 34.1 Å². The zero-order chi connectivity index (χ0) is 14.9. The molecule has 0 aromatic heterocycles. The van der Waals surface area contributed by atoms with Crippen LogP contribution in [0.25, 0.3) is 10.8 Å². The third-order valence-electron chi connectivity index (χ3n) is 3.06. The van der Waals surface area contributed by atoms with E-state index < -0.39 is 68.4 Å². The van der Waals surface area contributed by atoms with Crippen LogP contribution in [0, 0.1) is 34.9 Å². The van der Waals surface area contributed by atoms with E-state index in [1.165, 1.54) is 0 Å². The summed E-state index contributed by atoms with van der Waals surface area (Å²) in [5.41, 5.74) is -2.59. The number of carbonyl (C=O) groups excluding carboxylic acids is 2. The molecule has 3 rings (SSSR count). The van der Waals surface area contributed by atoms with Gasteiger partial charge in [-0.25, -0.2) is 26.3 Å². The molecule has 0 aliphatic heterocycles. The molecule has 0 N–H and O–H groups in total. The number of benzene rings is 2. The highest BCUT2D eigenvalue weighted by Gasteiger charge is 2.42. The molecule has 102 valence electrons. The Balaban J connectivity index is 2.77. The highest BCUT2D eigenvalue weighted by Crippen LogP contribution is 2.39. The maximum absolute atomic E-state index is 13.5. The minimum atomic E-state index is -2.24. The van der Waals surface area contributed by atoms with Crippen molar-refractivity contribution >= 4 is 22.3 Å². The Morgan fingerprint density at radius 2 is 0.800 bits per heavy atom. The molecule has 0 radical (unpaired) electrons. The zero-order valence-electron chi connectivity index (χ0n) is 9.08. The van der Waals surface area contributed by atoms with E-state index in [1.807, 2.05) is 0 Å². The summed E-state index contributed by atoms with van der Waals surface area (Å²) >= 11 is 0. The molecule has 20 heavy (non-hydrogen) atoms. The standard InChI is InChI=1S/C12F6O2/c13-5-2-1-3(7(15)9(5)17)11(19)12(20)4(1)8(16)10(18)6(2)14. The van der Waals surface area contributed by atoms with Gasteiger partial charge in [0.1, 0.15) is 0 Å². The molecule has 2 nitrogen and oxygen atoms in total. The second-order valence-corrected chi connectivity index (χ2v) is 4.04. The first-order chi connectivity index (χ1) is 9.29. The molecule has 0 atom stereocenters. The lowest BCUT2D eigenvalue weighted by atomic mass is 10.0. The quantitative estimate of drug-likeness (QED) is 0.424. The monoisotopic (exact) mass is 290 g/mol. The summed E-state index contributed by atoms with van der Waals surface area (Å²) < 4.78 is 80.5. The van der Waals surface area contributed by atoms with Gasteiger partial charge in [0.2, 0.25) is 11.6 Å². The van der Waals surface area contributed by atoms with Crippen LogP contribution >= 0.6 is 0 Å². The van der Waals surface area contributed by atoms with Gasteiger partial charge in [-0.2, -0.15) is 0 Å². The summed E-state index contributed by atoms with van der Waals surface area (Å²) in [5, 5.41) is -2.56. The van der Waals surface area contributed by atoms with E-state index in [0.717, 1.165) is 0 Å². The van der Waals surface area contributed by atoms with Crippen LogP contribution in [0.2, 0.25) is 0 Å². The minimum Gasteiger partial charge on any atom is -0.285 e. The van der Waals surface area contributed by atoms with Crippen molar-refractivity contribution < 1.29 is 35.9 Å².